The first-order valence-corrected chi connectivity index (χ1v) is 6.52. The van der Waals surface area contributed by atoms with Crippen LogP contribution in [0.2, 0.25) is 0 Å². The molecule has 1 heterocycles. The number of likely N-dealkylation sites (tertiary alicyclic amines) is 1. The fourth-order valence-corrected chi connectivity index (χ4v) is 2.70. The predicted molar refractivity (Wildman–Crippen MR) is 63.6 cm³/mol. The van der Waals surface area contributed by atoms with E-state index in [1.807, 2.05) is 0 Å². The molecule has 84 valence electrons. The molecule has 0 spiro atoms. The average molecular weight is 197 g/mol. The van der Waals surface area contributed by atoms with Gasteiger partial charge in [-0.15, -0.1) is 0 Å². The summed E-state index contributed by atoms with van der Waals surface area (Å²) >= 11 is 0. The van der Waals surface area contributed by atoms with E-state index in [-0.39, 0.29) is 0 Å². The normalized spacial score (nSPS) is 27.2. The smallest absolute Gasteiger partial charge is 0.00926 e. The van der Waals surface area contributed by atoms with E-state index in [0.717, 1.165) is 12.0 Å². The van der Waals surface area contributed by atoms with Crippen molar-refractivity contribution in [1.29, 1.82) is 0 Å². The first-order valence-electron chi connectivity index (χ1n) is 6.52. The van der Waals surface area contributed by atoms with Gasteiger partial charge in [0.05, 0.1) is 0 Å². The molecule has 0 saturated carbocycles. The van der Waals surface area contributed by atoms with E-state index < -0.39 is 0 Å². The van der Waals surface area contributed by atoms with Crippen LogP contribution in [0.3, 0.4) is 0 Å². The van der Waals surface area contributed by atoms with Gasteiger partial charge >= 0.3 is 0 Å². The zero-order chi connectivity index (χ0) is 10.4. The first kappa shape index (κ1) is 12.0. The second-order valence-corrected chi connectivity index (χ2v) is 4.95. The van der Waals surface area contributed by atoms with Crippen LogP contribution < -0.4 is 0 Å². The van der Waals surface area contributed by atoms with Crippen LogP contribution >= 0.6 is 0 Å². The Balaban J connectivity index is 2.45. The maximum absolute atomic E-state index is 2.75. The topological polar surface area (TPSA) is 3.24 Å². The van der Waals surface area contributed by atoms with Crippen molar-refractivity contribution in [2.24, 2.45) is 5.92 Å². The third kappa shape index (κ3) is 3.61. The quantitative estimate of drug-likeness (QED) is 0.664. The van der Waals surface area contributed by atoms with E-state index in [2.05, 4.69) is 25.7 Å². The largest absolute Gasteiger partial charge is 0.300 e. The zero-order valence-electron chi connectivity index (χ0n) is 10.3. The van der Waals surface area contributed by atoms with Crippen molar-refractivity contribution < 1.29 is 0 Å². The average Bonchev–Trinajstić information content (AvgIpc) is 2.39. The Morgan fingerprint density at radius 1 is 1.29 bits per heavy atom. The van der Waals surface area contributed by atoms with Gasteiger partial charge in [0.1, 0.15) is 0 Å². The summed E-state index contributed by atoms with van der Waals surface area (Å²) in [5, 5.41) is 0. The molecular formula is C13H27N. The minimum Gasteiger partial charge on any atom is -0.300 e. The summed E-state index contributed by atoms with van der Waals surface area (Å²) in [6, 6.07) is 0.862. The summed E-state index contributed by atoms with van der Waals surface area (Å²) in [5.41, 5.74) is 0. The SMILES string of the molecule is CCCC(CC)N1CCCCC(C)C1. The molecule has 0 amide bonds. The highest BCUT2D eigenvalue weighted by Crippen LogP contribution is 2.20. The van der Waals surface area contributed by atoms with Gasteiger partial charge < -0.3 is 4.90 Å². The summed E-state index contributed by atoms with van der Waals surface area (Å²) in [6.45, 7) is 9.76. The van der Waals surface area contributed by atoms with E-state index >= 15 is 0 Å². The second-order valence-electron chi connectivity index (χ2n) is 4.95. The standard InChI is InChI=1S/C13H27N/c1-4-8-13(5-2)14-10-7-6-9-12(3)11-14/h12-13H,4-11H2,1-3H3. The molecule has 1 fully saturated rings. The molecule has 1 aliphatic rings. The molecule has 0 N–H and O–H groups in total. The first-order chi connectivity index (χ1) is 6.77. The van der Waals surface area contributed by atoms with Crippen molar-refractivity contribution in [3.8, 4) is 0 Å². The van der Waals surface area contributed by atoms with E-state index in [1.54, 1.807) is 0 Å². The highest BCUT2D eigenvalue weighted by atomic mass is 15.2. The highest BCUT2D eigenvalue weighted by Gasteiger charge is 2.20. The lowest BCUT2D eigenvalue weighted by molar-refractivity contribution is 0.169. The molecule has 0 aromatic carbocycles. The lowest BCUT2D eigenvalue weighted by Crippen LogP contribution is -2.37. The van der Waals surface area contributed by atoms with E-state index in [9.17, 15) is 0 Å². The van der Waals surface area contributed by atoms with Crippen molar-refractivity contribution >= 4 is 0 Å². The van der Waals surface area contributed by atoms with Gasteiger partial charge in [-0.1, -0.05) is 33.6 Å². The third-order valence-corrected chi connectivity index (χ3v) is 3.55. The molecular weight excluding hydrogens is 170 g/mol. The van der Waals surface area contributed by atoms with Gasteiger partial charge in [-0.3, -0.25) is 0 Å². The van der Waals surface area contributed by atoms with Gasteiger partial charge in [0.25, 0.3) is 0 Å². The van der Waals surface area contributed by atoms with Gasteiger partial charge in [0, 0.05) is 12.6 Å². The van der Waals surface area contributed by atoms with Gasteiger partial charge in [-0.05, 0) is 38.1 Å². The summed E-state index contributed by atoms with van der Waals surface area (Å²) in [7, 11) is 0. The maximum Gasteiger partial charge on any atom is 0.00926 e. The molecule has 2 atom stereocenters. The molecule has 1 rings (SSSR count). The van der Waals surface area contributed by atoms with Crippen LogP contribution in [0.15, 0.2) is 0 Å². The molecule has 1 nitrogen and oxygen atoms in total. The summed E-state index contributed by atoms with van der Waals surface area (Å²) in [5.74, 6) is 0.920. The zero-order valence-corrected chi connectivity index (χ0v) is 10.3. The van der Waals surface area contributed by atoms with Gasteiger partial charge in [-0.2, -0.15) is 0 Å². The van der Waals surface area contributed by atoms with Crippen LogP contribution in [0.25, 0.3) is 0 Å². The second kappa shape index (κ2) is 6.44. The molecule has 0 radical (unpaired) electrons. The molecule has 0 aromatic heterocycles. The van der Waals surface area contributed by atoms with Crippen LogP contribution in [-0.4, -0.2) is 24.0 Å². The van der Waals surface area contributed by atoms with Gasteiger partial charge in [0.2, 0.25) is 0 Å². The number of hydrogen-bond acceptors (Lipinski definition) is 1. The number of rotatable bonds is 4. The fraction of sp³-hybridized carbons (Fsp3) is 1.00. The summed E-state index contributed by atoms with van der Waals surface area (Å²) in [6.07, 6.45) is 8.37. The molecule has 0 bridgehead atoms. The molecule has 1 heteroatoms. The fourth-order valence-electron chi connectivity index (χ4n) is 2.70. The Labute approximate surface area is 89.9 Å². The van der Waals surface area contributed by atoms with Crippen LogP contribution in [-0.2, 0) is 0 Å². The molecule has 0 aromatic rings. The third-order valence-electron chi connectivity index (χ3n) is 3.55. The van der Waals surface area contributed by atoms with Gasteiger partial charge in [0.15, 0.2) is 0 Å². The van der Waals surface area contributed by atoms with Crippen molar-refractivity contribution in [3.05, 3.63) is 0 Å². The Morgan fingerprint density at radius 2 is 2.07 bits per heavy atom. The molecule has 1 aliphatic heterocycles. The Bertz CT molecular complexity index is 144. The Morgan fingerprint density at radius 3 is 2.71 bits per heavy atom. The van der Waals surface area contributed by atoms with E-state index in [4.69, 9.17) is 0 Å². The van der Waals surface area contributed by atoms with Crippen molar-refractivity contribution in [2.75, 3.05) is 13.1 Å². The molecule has 0 aliphatic carbocycles. The monoisotopic (exact) mass is 197 g/mol. The number of nitrogens with zero attached hydrogens (tertiary/aromatic N) is 1. The lowest BCUT2D eigenvalue weighted by atomic mass is 10.0. The Kier molecular flexibility index (Phi) is 5.54. The van der Waals surface area contributed by atoms with Crippen molar-refractivity contribution in [1.82, 2.24) is 4.90 Å². The van der Waals surface area contributed by atoms with Crippen LogP contribution in [0.4, 0.5) is 0 Å². The molecule has 1 saturated heterocycles. The molecule has 2 unspecified atom stereocenters. The van der Waals surface area contributed by atoms with E-state index in [1.165, 1.54) is 51.6 Å². The van der Waals surface area contributed by atoms with E-state index in [0.29, 0.717) is 0 Å². The van der Waals surface area contributed by atoms with Crippen molar-refractivity contribution in [3.63, 3.8) is 0 Å². The summed E-state index contributed by atoms with van der Waals surface area (Å²) in [4.78, 5) is 2.75. The number of hydrogen-bond donors (Lipinski definition) is 0. The van der Waals surface area contributed by atoms with Crippen LogP contribution in [0, 0.1) is 5.92 Å². The summed E-state index contributed by atoms with van der Waals surface area (Å²) < 4.78 is 0. The van der Waals surface area contributed by atoms with Crippen LogP contribution in [0.1, 0.15) is 59.3 Å². The highest BCUT2D eigenvalue weighted by molar-refractivity contribution is 4.75. The predicted octanol–water partition coefficient (Wildman–Crippen LogP) is 3.69. The minimum atomic E-state index is 0.862. The minimum absolute atomic E-state index is 0.862. The lowest BCUT2D eigenvalue weighted by Gasteiger charge is -2.31. The van der Waals surface area contributed by atoms with Gasteiger partial charge in [-0.25, -0.2) is 0 Å². The Hall–Kier alpha value is -0.0400. The molecule has 14 heavy (non-hydrogen) atoms. The van der Waals surface area contributed by atoms with Crippen molar-refractivity contribution in [2.45, 2.75) is 65.3 Å². The maximum atomic E-state index is 2.75. The van der Waals surface area contributed by atoms with Crippen LogP contribution in [0.5, 0.6) is 0 Å².